The van der Waals surface area contributed by atoms with Crippen LogP contribution in [-0.4, -0.2) is 0 Å². The highest BCUT2D eigenvalue weighted by Gasteiger charge is 2.14. The lowest BCUT2D eigenvalue weighted by Gasteiger charge is -2.18. The van der Waals surface area contributed by atoms with Crippen molar-refractivity contribution in [2.75, 3.05) is 5.32 Å². The molecule has 0 amide bonds. The van der Waals surface area contributed by atoms with Gasteiger partial charge in [-0.2, -0.15) is 0 Å². The predicted molar refractivity (Wildman–Crippen MR) is 74.5 cm³/mol. The molecule has 2 aromatic carbocycles. The van der Waals surface area contributed by atoms with Crippen molar-refractivity contribution in [2.45, 2.75) is 19.9 Å². The fourth-order valence-electron chi connectivity index (χ4n) is 1.86. The molecule has 0 saturated carbocycles. The number of hydrogen-bond donors (Lipinski definition) is 1. The standard InChI is InChI=1S/C15H13ClF3N/c1-8-3-4-10(5-13(8)18)9(2)20-15-12(16)6-11(17)7-14(15)19/h3-7,9,20H,1-2H3. The first kappa shape index (κ1) is 14.7. The predicted octanol–water partition coefficient (Wildman–Crippen LogP) is 5.24. The maximum atomic E-state index is 13.7. The molecule has 106 valence electrons. The molecule has 1 unspecified atom stereocenters. The molecule has 2 rings (SSSR count). The van der Waals surface area contributed by atoms with Crippen molar-refractivity contribution in [3.8, 4) is 0 Å². The number of benzene rings is 2. The third-order valence-corrected chi connectivity index (χ3v) is 3.36. The molecule has 0 spiro atoms. The van der Waals surface area contributed by atoms with Gasteiger partial charge in [-0.25, -0.2) is 13.2 Å². The number of halogens is 4. The van der Waals surface area contributed by atoms with Crippen molar-refractivity contribution >= 4 is 17.3 Å². The molecule has 1 nitrogen and oxygen atoms in total. The molecule has 5 heteroatoms. The van der Waals surface area contributed by atoms with Crippen molar-refractivity contribution in [1.82, 2.24) is 0 Å². The van der Waals surface area contributed by atoms with Gasteiger partial charge in [-0.05, 0) is 37.1 Å². The Labute approximate surface area is 120 Å². The van der Waals surface area contributed by atoms with Crippen LogP contribution in [0.25, 0.3) is 0 Å². The highest BCUT2D eigenvalue weighted by Crippen LogP contribution is 2.30. The zero-order valence-electron chi connectivity index (χ0n) is 11.0. The van der Waals surface area contributed by atoms with Crippen LogP contribution in [0.4, 0.5) is 18.9 Å². The van der Waals surface area contributed by atoms with Crippen LogP contribution in [0.3, 0.4) is 0 Å². The molecular formula is C15H13ClF3N. The van der Waals surface area contributed by atoms with Crippen LogP contribution in [0, 0.1) is 24.4 Å². The maximum absolute atomic E-state index is 13.7. The molecule has 1 atom stereocenters. The molecule has 0 fully saturated rings. The Bertz CT molecular complexity index is 620. The smallest absolute Gasteiger partial charge is 0.150 e. The van der Waals surface area contributed by atoms with Crippen molar-refractivity contribution in [2.24, 2.45) is 0 Å². The van der Waals surface area contributed by atoms with Gasteiger partial charge in [-0.1, -0.05) is 23.7 Å². The molecule has 0 heterocycles. The van der Waals surface area contributed by atoms with E-state index in [2.05, 4.69) is 5.32 Å². The fraction of sp³-hybridized carbons (Fsp3) is 0.200. The van der Waals surface area contributed by atoms with Crippen molar-refractivity contribution in [3.05, 3.63) is 63.9 Å². The van der Waals surface area contributed by atoms with Gasteiger partial charge in [-0.15, -0.1) is 0 Å². The molecule has 20 heavy (non-hydrogen) atoms. The molecule has 0 aliphatic heterocycles. The van der Waals surface area contributed by atoms with Gasteiger partial charge in [-0.3, -0.25) is 0 Å². The van der Waals surface area contributed by atoms with Gasteiger partial charge >= 0.3 is 0 Å². The van der Waals surface area contributed by atoms with Gasteiger partial charge in [0.2, 0.25) is 0 Å². The van der Waals surface area contributed by atoms with E-state index in [1.54, 1.807) is 26.0 Å². The third-order valence-electron chi connectivity index (χ3n) is 3.06. The maximum Gasteiger partial charge on any atom is 0.150 e. The van der Waals surface area contributed by atoms with Crippen LogP contribution < -0.4 is 5.32 Å². The normalized spacial score (nSPS) is 12.3. The highest BCUT2D eigenvalue weighted by molar-refractivity contribution is 6.33. The summed E-state index contributed by atoms with van der Waals surface area (Å²) in [5, 5.41) is 2.77. The summed E-state index contributed by atoms with van der Waals surface area (Å²) in [4.78, 5) is 0. The minimum Gasteiger partial charge on any atom is -0.375 e. The summed E-state index contributed by atoms with van der Waals surface area (Å²) in [6, 6.07) is 6.16. The monoisotopic (exact) mass is 299 g/mol. The summed E-state index contributed by atoms with van der Waals surface area (Å²) in [5.74, 6) is -1.86. The topological polar surface area (TPSA) is 12.0 Å². The summed E-state index contributed by atoms with van der Waals surface area (Å²) >= 11 is 5.81. The average molecular weight is 300 g/mol. The zero-order chi connectivity index (χ0) is 14.9. The van der Waals surface area contributed by atoms with Crippen LogP contribution in [0.1, 0.15) is 24.1 Å². The third kappa shape index (κ3) is 3.07. The average Bonchev–Trinajstić information content (AvgIpc) is 2.36. The first-order chi connectivity index (χ1) is 9.38. The van der Waals surface area contributed by atoms with E-state index in [0.717, 1.165) is 12.1 Å². The Kier molecular flexibility index (Phi) is 4.23. The quantitative estimate of drug-likeness (QED) is 0.817. The molecule has 0 aromatic heterocycles. The van der Waals surface area contributed by atoms with Gasteiger partial charge in [0.1, 0.15) is 11.6 Å². The van der Waals surface area contributed by atoms with Gasteiger partial charge in [0, 0.05) is 12.1 Å². The van der Waals surface area contributed by atoms with Crippen LogP contribution in [0.15, 0.2) is 30.3 Å². The Morgan fingerprint density at radius 3 is 2.35 bits per heavy atom. The second kappa shape index (κ2) is 5.75. The molecule has 0 aliphatic rings. The number of nitrogens with one attached hydrogen (secondary N) is 1. The van der Waals surface area contributed by atoms with Gasteiger partial charge in [0.05, 0.1) is 10.7 Å². The van der Waals surface area contributed by atoms with Crippen molar-refractivity contribution < 1.29 is 13.2 Å². The first-order valence-electron chi connectivity index (χ1n) is 6.05. The second-order valence-electron chi connectivity index (χ2n) is 4.62. The highest BCUT2D eigenvalue weighted by atomic mass is 35.5. The molecule has 0 radical (unpaired) electrons. The first-order valence-corrected chi connectivity index (χ1v) is 6.43. The summed E-state index contributed by atoms with van der Waals surface area (Å²) < 4.78 is 40.1. The lowest BCUT2D eigenvalue weighted by molar-refractivity contribution is 0.583. The lowest BCUT2D eigenvalue weighted by Crippen LogP contribution is -2.09. The largest absolute Gasteiger partial charge is 0.375 e. The number of hydrogen-bond acceptors (Lipinski definition) is 1. The van der Waals surface area contributed by atoms with Crippen LogP contribution >= 0.6 is 11.6 Å². The van der Waals surface area contributed by atoms with E-state index < -0.39 is 11.6 Å². The molecule has 0 saturated heterocycles. The number of rotatable bonds is 3. The van der Waals surface area contributed by atoms with E-state index in [1.807, 2.05) is 0 Å². The molecule has 2 aromatic rings. The lowest BCUT2D eigenvalue weighted by atomic mass is 10.1. The van der Waals surface area contributed by atoms with E-state index >= 15 is 0 Å². The van der Waals surface area contributed by atoms with Crippen LogP contribution in [0.2, 0.25) is 5.02 Å². The molecule has 0 bridgehead atoms. The summed E-state index contributed by atoms with van der Waals surface area (Å²) in [6.07, 6.45) is 0. The minimum atomic E-state index is -0.783. The second-order valence-corrected chi connectivity index (χ2v) is 5.03. The summed E-state index contributed by atoms with van der Waals surface area (Å²) in [5.41, 5.74) is 1.18. The Morgan fingerprint density at radius 1 is 1.05 bits per heavy atom. The number of aryl methyl sites for hydroxylation is 1. The van der Waals surface area contributed by atoms with Crippen LogP contribution in [-0.2, 0) is 0 Å². The van der Waals surface area contributed by atoms with E-state index in [-0.39, 0.29) is 22.6 Å². The zero-order valence-corrected chi connectivity index (χ0v) is 11.7. The van der Waals surface area contributed by atoms with Gasteiger partial charge in [0.25, 0.3) is 0 Å². The number of anilines is 1. The van der Waals surface area contributed by atoms with Crippen molar-refractivity contribution in [1.29, 1.82) is 0 Å². The minimum absolute atomic E-state index is 0.00144. The summed E-state index contributed by atoms with van der Waals surface area (Å²) in [7, 11) is 0. The van der Waals surface area contributed by atoms with E-state index in [4.69, 9.17) is 11.6 Å². The molecule has 1 N–H and O–H groups in total. The Morgan fingerprint density at radius 2 is 1.75 bits per heavy atom. The summed E-state index contributed by atoms with van der Waals surface area (Å²) in [6.45, 7) is 3.40. The van der Waals surface area contributed by atoms with Gasteiger partial charge in [0.15, 0.2) is 5.82 Å². The van der Waals surface area contributed by atoms with E-state index in [1.165, 1.54) is 6.07 Å². The SMILES string of the molecule is Cc1ccc(C(C)Nc2c(F)cc(F)cc2Cl)cc1F. The van der Waals surface area contributed by atoms with E-state index in [9.17, 15) is 13.2 Å². The fourth-order valence-corrected chi connectivity index (χ4v) is 2.11. The molecular weight excluding hydrogens is 287 g/mol. The van der Waals surface area contributed by atoms with E-state index in [0.29, 0.717) is 11.1 Å². The van der Waals surface area contributed by atoms with Crippen molar-refractivity contribution in [3.63, 3.8) is 0 Å². The Hall–Kier alpha value is -1.68. The van der Waals surface area contributed by atoms with Gasteiger partial charge < -0.3 is 5.32 Å². The molecule has 0 aliphatic carbocycles. The Balaban J connectivity index is 2.27. The van der Waals surface area contributed by atoms with Crippen LogP contribution in [0.5, 0.6) is 0 Å².